The van der Waals surface area contributed by atoms with Crippen LogP contribution in [0.2, 0.25) is 0 Å². The Balaban J connectivity index is 0.00000169. The minimum absolute atomic E-state index is 0. The van der Waals surface area contributed by atoms with Gasteiger partial charge in [-0.1, -0.05) is 6.07 Å². The van der Waals surface area contributed by atoms with Crippen LogP contribution in [0.3, 0.4) is 0 Å². The van der Waals surface area contributed by atoms with Crippen molar-refractivity contribution in [2.24, 2.45) is 5.73 Å². The lowest BCUT2D eigenvalue weighted by Crippen LogP contribution is -2.18. The fourth-order valence-corrected chi connectivity index (χ4v) is 0.974. The van der Waals surface area contributed by atoms with Crippen molar-refractivity contribution >= 4 is 18.3 Å². The second-order valence-electron chi connectivity index (χ2n) is 2.87. The molecule has 4 nitrogen and oxygen atoms in total. The zero-order chi connectivity index (χ0) is 10.0. The minimum Gasteiger partial charge on any atom is -0.504 e. The van der Waals surface area contributed by atoms with Gasteiger partial charge in [-0.2, -0.15) is 0 Å². The summed E-state index contributed by atoms with van der Waals surface area (Å²) in [4.78, 5) is 10.8. The Morgan fingerprint density at radius 2 is 1.93 bits per heavy atom. The molecule has 0 fully saturated rings. The first kappa shape index (κ1) is 12.6. The first-order chi connectivity index (χ1) is 6.02. The molecule has 0 spiro atoms. The first-order valence-electron chi connectivity index (χ1n) is 3.83. The summed E-state index contributed by atoms with van der Waals surface area (Å²) in [7, 11) is 0. The molecule has 14 heavy (non-hydrogen) atoms. The minimum atomic E-state index is -0.468. The number of benzene rings is 1. The van der Waals surface area contributed by atoms with Gasteiger partial charge in [-0.15, -0.1) is 12.4 Å². The fraction of sp³-hybridized carbons (Fsp3) is 0.222. The van der Waals surface area contributed by atoms with Gasteiger partial charge in [0.2, 0.25) is 5.91 Å². The molecule has 1 atom stereocenters. The molecule has 1 rings (SSSR count). The quantitative estimate of drug-likeness (QED) is 0.649. The van der Waals surface area contributed by atoms with Gasteiger partial charge in [0.1, 0.15) is 0 Å². The number of primary amides is 1. The van der Waals surface area contributed by atoms with Crippen molar-refractivity contribution in [2.45, 2.75) is 12.8 Å². The summed E-state index contributed by atoms with van der Waals surface area (Å²) in [6.45, 7) is 1.63. The molecule has 1 amide bonds. The van der Waals surface area contributed by atoms with E-state index in [0.29, 0.717) is 5.56 Å². The number of rotatable bonds is 2. The van der Waals surface area contributed by atoms with Crippen LogP contribution in [0.15, 0.2) is 18.2 Å². The maximum absolute atomic E-state index is 10.8. The molecule has 0 aromatic heterocycles. The second kappa shape index (κ2) is 4.72. The second-order valence-corrected chi connectivity index (χ2v) is 2.87. The zero-order valence-electron chi connectivity index (χ0n) is 7.60. The Kier molecular flexibility index (Phi) is 4.24. The SMILES string of the molecule is CC(C(N)=O)c1ccc(O)c(O)c1.Cl. The number of amides is 1. The molecule has 1 unspecified atom stereocenters. The van der Waals surface area contributed by atoms with Crippen LogP contribution >= 0.6 is 12.4 Å². The normalized spacial score (nSPS) is 11.5. The number of hydrogen-bond acceptors (Lipinski definition) is 3. The number of carbonyl (C=O) groups is 1. The van der Waals surface area contributed by atoms with Gasteiger partial charge in [-0.25, -0.2) is 0 Å². The van der Waals surface area contributed by atoms with Crippen molar-refractivity contribution in [3.63, 3.8) is 0 Å². The van der Waals surface area contributed by atoms with E-state index < -0.39 is 11.8 Å². The Bertz CT molecular complexity index is 341. The van der Waals surface area contributed by atoms with Gasteiger partial charge in [0.15, 0.2) is 11.5 Å². The van der Waals surface area contributed by atoms with Crippen LogP contribution in [0.25, 0.3) is 0 Å². The number of aromatic hydroxyl groups is 2. The van der Waals surface area contributed by atoms with Crippen molar-refractivity contribution < 1.29 is 15.0 Å². The van der Waals surface area contributed by atoms with Gasteiger partial charge in [0, 0.05) is 0 Å². The Morgan fingerprint density at radius 3 is 2.36 bits per heavy atom. The summed E-state index contributed by atoms with van der Waals surface area (Å²) in [5, 5.41) is 18.1. The van der Waals surface area contributed by atoms with E-state index in [1.54, 1.807) is 13.0 Å². The van der Waals surface area contributed by atoms with E-state index in [1.807, 2.05) is 0 Å². The highest BCUT2D eigenvalue weighted by Gasteiger charge is 2.12. The third-order valence-electron chi connectivity index (χ3n) is 1.93. The predicted octanol–water partition coefficient (Wildman–Crippen LogP) is 1.11. The van der Waals surface area contributed by atoms with Crippen molar-refractivity contribution in [3.05, 3.63) is 23.8 Å². The average Bonchev–Trinajstić information content (AvgIpc) is 2.08. The molecule has 0 heterocycles. The summed E-state index contributed by atoms with van der Waals surface area (Å²) in [6.07, 6.45) is 0. The van der Waals surface area contributed by atoms with Gasteiger partial charge < -0.3 is 15.9 Å². The maximum Gasteiger partial charge on any atom is 0.224 e. The number of phenols is 2. The van der Waals surface area contributed by atoms with Crippen molar-refractivity contribution in [3.8, 4) is 11.5 Å². The Morgan fingerprint density at radius 1 is 1.36 bits per heavy atom. The fourth-order valence-electron chi connectivity index (χ4n) is 0.974. The Hall–Kier alpha value is -1.42. The largest absolute Gasteiger partial charge is 0.504 e. The van der Waals surface area contributed by atoms with E-state index in [1.165, 1.54) is 12.1 Å². The monoisotopic (exact) mass is 217 g/mol. The lowest BCUT2D eigenvalue weighted by molar-refractivity contribution is -0.119. The predicted molar refractivity (Wildman–Crippen MR) is 54.6 cm³/mol. The standard InChI is InChI=1S/C9H11NO3.ClH/c1-5(9(10)13)6-2-3-7(11)8(12)4-6;/h2-5,11-12H,1H3,(H2,10,13);1H. The van der Waals surface area contributed by atoms with E-state index in [9.17, 15) is 4.79 Å². The summed E-state index contributed by atoms with van der Waals surface area (Å²) < 4.78 is 0. The number of hydrogen-bond donors (Lipinski definition) is 3. The lowest BCUT2D eigenvalue weighted by Gasteiger charge is -2.07. The topological polar surface area (TPSA) is 83.6 Å². The van der Waals surface area contributed by atoms with Crippen molar-refractivity contribution in [2.75, 3.05) is 0 Å². The average molecular weight is 218 g/mol. The molecule has 1 aromatic carbocycles. The highest BCUT2D eigenvalue weighted by molar-refractivity contribution is 5.85. The number of carbonyl (C=O) groups excluding carboxylic acids is 1. The van der Waals surface area contributed by atoms with E-state index in [0.717, 1.165) is 0 Å². The molecule has 0 saturated heterocycles. The third-order valence-corrected chi connectivity index (χ3v) is 1.93. The van der Waals surface area contributed by atoms with Crippen LogP contribution in [0.4, 0.5) is 0 Å². The molecular weight excluding hydrogens is 206 g/mol. The molecule has 1 aromatic rings. The molecule has 0 aliphatic carbocycles. The first-order valence-corrected chi connectivity index (χ1v) is 3.83. The van der Waals surface area contributed by atoms with E-state index in [4.69, 9.17) is 15.9 Å². The molecule has 0 aliphatic rings. The van der Waals surface area contributed by atoms with Crippen LogP contribution < -0.4 is 5.73 Å². The smallest absolute Gasteiger partial charge is 0.224 e. The van der Waals surface area contributed by atoms with Crippen LogP contribution in [0.1, 0.15) is 18.4 Å². The number of phenolic OH excluding ortho intramolecular Hbond substituents is 2. The number of nitrogens with two attached hydrogens (primary N) is 1. The Labute approximate surface area is 87.8 Å². The summed E-state index contributed by atoms with van der Waals surface area (Å²) in [6, 6.07) is 4.19. The molecule has 78 valence electrons. The lowest BCUT2D eigenvalue weighted by atomic mass is 10.0. The van der Waals surface area contributed by atoms with E-state index >= 15 is 0 Å². The highest BCUT2D eigenvalue weighted by Crippen LogP contribution is 2.28. The van der Waals surface area contributed by atoms with Gasteiger partial charge in [0.05, 0.1) is 5.92 Å². The van der Waals surface area contributed by atoms with Crippen LogP contribution in [0, 0.1) is 0 Å². The van der Waals surface area contributed by atoms with Gasteiger partial charge in [-0.3, -0.25) is 4.79 Å². The molecular formula is C9H12ClNO3. The molecule has 5 heteroatoms. The summed E-state index contributed by atoms with van der Waals surface area (Å²) in [5.41, 5.74) is 5.66. The van der Waals surface area contributed by atoms with Crippen molar-refractivity contribution in [1.82, 2.24) is 0 Å². The van der Waals surface area contributed by atoms with Crippen LogP contribution in [-0.4, -0.2) is 16.1 Å². The molecule has 0 saturated carbocycles. The molecule has 4 N–H and O–H groups in total. The summed E-state index contributed by atoms with van der Waals surface area (Å²) >= 11 is 0. The molecule has 0 aliphatic heterocycles. The zero-order valence-corrected chi connectivity index (χ0v) is 8.41. The van der Waals surface area contributed by atoms with E-state index in [-0.39, 0.29) is 23.9 Å². The molecule has 0 radical (unpaired) electrons. The van der Waals surface area contributed by atoms with Crippen LogP contribution in [0.5, 0.6) is 11.5 Å². The summed E-state index contributed by atoms with van der Waals surface area (Å²) in [5.74, 6) is -1.39. The number of halogens is 1. The maximum atomic E-state index is 10.8. The van der Waals surface area contributed by atoms with Crippen molar-refractivity contribution in [1.29, 1.82) is 0 Å². The van der Waals surface area contributed by atoms with Gasteiger partial charge >= 0.3 is 0 Å². The van der Waals surface area contributed by atoms with E-state index in [2.05, 4.69) is 0 Å². The highest BCUT2D eigenvalue weighted by atomic mass is 35.5. The molecule has 0 bridgehead atoms. The third kappa shape index (κ3) is 2.53. The van der Waals surface area contributed by atoms with Crippen LogP contribution in [-0.2, 0) is 4.79 Å². The van der Waals surface area contributed by atoms with Gasteiger partial charge in [-0.05, 0) is 24.6 Å². The van der Waals surface area contributed by atoms with Gasteiger partial charge in [0.25, 0.3) is 0 Å².